The molecule has 1 amide bonds. The summed E-state index contributed by atoms with van der Waals surface area (Å²) in [6.45, 7) is 1.44. The number of halogens is 1. The molecular weight excluding hydrogens is 400 g/mol. The Labute approximate surface area is 169 Å². The lowest BCUT2D eigenvalue weighted by Gasteiger charge is -2.26. The maximum atomic E-state index is 12.9. The molecule has 1 aliphatic carbocycles. The van der Waals surface area contributed by atoms with Gasteiger partial charge in [-0.2, -0.15) is 4.31 Å². The van der Waals surface area contributed by atoms with Crippen LogP contribution in [0.4, 0.5) is 5.69 Å². The number of carbonyl (C=O) groups is 1. The molecule has 1 N–H and O–H groups in total. The van der Waals surface area contributed by atoms with Crippen molar-refractivity contribution in [2.24, 2.45) is 0 Å². The quantitative estimate of drug-likeness (QED) is 0.806. The van der Waals surface area contributed by atoms with Crippen molar-refractivity contribution >= 4 is 33.2 Å². The van der Waals surface area contributed by atoms with Gasteiger partial charge in [0, 0.05) is 23.8 Å². The van der Waals surface area contributed by atoms with Gasteiger partial charge in [-0.3, -0.25) is 4.79 Å². The number of benzene rings is 2. The second kappa shape index (κ2) is 7.48. The van der Waals surface area contributed by atoms with Crippen LogP contribution in [0.1, 0.15) is 18.4 Å². The van der Waals surface area contributed by atoms with Gasteiger partial charge >= 0.3 is 0 Å². The van der Waals surface area contributed by atoms with Crippen molar-refractivity contribution in [3.63, 3.8) is 0 Å². The van der Waals surface area contributed by atoms with Crippen LogP contribution in [0, 0.1) is 0 Å². The first kappa shape index (κ1) is 19.4. The van der Waals surface area contributed by atoms with Gasteiger partial charge in [0.2, 0.25) is 15.9 Å². The van der Waals surface area contributed by atoms with E-state index >= 15 is 0 Å². The van der Waals surface area contributed by atoms with Gasteiger partial charge in [-0.05, 0) is 48.7 Å². The van der Waals surface area contributed by atoms with E-state index in [2.05, 4.69) is 5.32 Å². The third-order valence-electron chi connectivity index (χ3n) is 5.28. The molecule has 2 fully saturated rings. The molecule has 8 heteroatoms. The topological polar surface area (TPSA) is 75.7 Å². The molecule has 1 saturated carbocycles. The first-order valence-electron chi connectivity index (χ1n) is 9.17. The van der Waals surface area contributed by atoms with E-state index in [0.717, 1.165) is 18.4 Å². The molecule has 28 heavy (non-hydrogen) atoms. The van der Waals surface area contributed by atoms with Gasteiger partial charge in [-0.15, -0.1) is 0 Å². The Morgan fingerprint density at radius 1 is 1.07 bits per heavy atom. The highest BCUT2D eigenvalue weighted by atomic mass is 35.5. The van der Waals surface area contributed by atoms with Crippen LogP contribution in [0.15, 0.2) is 53.4 Å². The lowest BCUT2D eigenvalue weighted by Crippen LogP contribution is -2.40. The lowest BCUT2D eigenvalue weighted by molar-refractivity contribution is -0.118. The number of rotatable bonds is 5. The molecule has 1 aliphatic heterocycles. The lowest BCUT2D eigenvalue weighted by atomic mass is 9.95. The number of amides is 1. The Morgan fingerprint density at radius 2 is 1.75 bits per heavy atom. The number of hydrogen-bond acceptors (Lipinski definition) is 4. The van der Waals surface area contributed by atoms with E-state index in [0.29, 0.717) is 37.0 Å². The highest BCUT2D eigenvalue weighted by Crippen LogP contribution is 2.49. The number of anilines is 1. The van der Waals surface area contributed by atoms with Crippen LogP contribution in [0.2, 0.25) is 5.02 Å². The molecule has 0 radical (unpaired) electrons. The van der Waals surface area contributed by atoms with Gasteiger partial charge in [0.1, 0.15) is 0 Å². The third kappa shape index (κ3) is 3.67. The summed E-state index contributed by atoms with van der Waals surface area (Å²) < 4.78 is 32.3. The zero-order valence-corrected chi connectivity index (χ0v) is 16.8. The molecule has 2 aromatic carbocycles. The monoisotopic (exact) mass is 420 g/mol. The summed E-state index contributed by atoms with van der Waals surface area (Å²) in [6, 6.07) is 13.7. The zero-order valence-electron chi connectivity index (χ0n) is 15.2. The average molecular weight is 421 g/mol. The number of nitrogens with one attached hydrogen (secondary N) is 1. The molecule has 2 aliphatic rings. The van der Waals surface area contributed by atoms with E-state index in [1.807, 2.05) is 12.1 Å². The summed E-state index contributed by atoms with van der Waals surface area (Å²) in [5, 5.41) is 3.52. The van der Waals surface area contributed by atoms with E-state index in [9.17, 15) is 13.2 Å². The number of carbonyl (C=O) groups excluding carboxylic acids is 1. The van der Waals surface area contributed by atoms with Gasteiger partial charge in [0.05, 0.1) is 23.5 Å². The second-order valence-electron chi connectivity index (χ2n) is 7.09. The number of nitrogens with zero attached hydrogens (tertiary/aromatic N) is 1. The second-order valence-corrected chi connectivity index (χ2v) is 9.46. The largest absolute Gasteiger partial charge is 0.379 e. The van der Waals surface area contributed by atoms with Crippen molar-refractivity contribution in [1.29, 1.82) is 0 Å². The minimum Gasteiger partial charge on any atom is -0.379 e. The Balaban J connectivity index is 1.54. The van der Waals surface area contributed by atoms with E-state index in [1.165, 1.54) is 10.4 Å². The van der Waals surface area contributed by atoms with Crippen molar-refractivity contribution in [3.8, 4) is 0 Å². The maximum Gasteiger partial charge on any atom is 0.243 e. The van der Waals surface area contributed by atoms with Crippen molar-refractivity contribution in [2.75, 3.05) is 31.6 Å². The number of sulfonamides is 1. The van der Waals surface area contributed by atoms with Crippen molar-refractivity contribution < 1.29 is 17.9 Å². The molecule has 0 aromatic heterocycles. The zero-order chi connectivity index (χ0) is 19.8. The van der Waals surface area contributed by atoms with E-state index in [1.54, 1.807) is 30.3 Å². The molecule has 1 heterocycles. The third-order valence-corrected chi connectivity index (χ3v) is 7.43. The summed E-state index contributed by atoms with van der Waals surface area (Å²) >= 11 is 5.95. The molecule has 0 unspecified atom stereocenters. The molecule has 1 saturated heterocycles. The minimum absolute atomic E-state index is 0.129. The predicted octanol–water partition coefficient (Wildman–Crippen LogP) is 3.03. The van der Waals surface area contributed by atoms with Crippen LogP contribution in [0.3, 0.4) is 0 Å². The summed E-state index contributed by atoms with van der Waals surface area (Å²) in [6.07, 6.45) is 1.51. The number of ether oxygens (including phenoxy) is 1. The van der Waals surface area contributed by atoms with Crippen LogP contribution in [0.25, 0.3) is 0 Å². The first-order chi connectivity index (χ1) is 13.4. The number of hydrogen-bond donors (Lipinski definition) is 1. The highest BCUT2D eigenvalue weighted by molar-refractivity contribution is 7.89. The summed E-state index contributed by atoms with van der Waals surface area (Å²) in [7, 11) is -3.61. The summed E-state index contributed by atoms with van der Waals surface area (Å²) in [5.41, 5.74) is 0.829. The van der Waals surface area contributed by atoms with Gasteiger partial charge in [0.15, 0.2) is 0 Å². The molecule has 0 spiro atoms. The smallest absolute Gasteiger partial charge is 0.243 e. The van der Waals surface area contributed by atoms with E-state index in [-0.39, 0.29) is 10.8 Å². The average Bonchev–Trinajstić information content (AvgIpc) is 3.51. The fourth-order valence-corrected chi connectivity index (χ4v) is 5.04. The molecule has 0 atom stereocenters. The van der Waals surface area contributed by atoms with Gasteiger partial charge < -0.3 is 10.1 Å². The van der Waals surface area contributed by atoms with Crippen LogP contribution in [-0.4, -0.2) is 44.9 Å². The van der Waals surface area contributed by atoms with E-state index in [4.69, 9.17) is 16.3 Å². The van der Waals surface area contributed by atoms with Crippen LogP contribution >= 0.6 is 11.6 Å². The Morgan fingerprint density at radius 3 is 2.39 bits per heavy atom. The Bertz CT molecular complexity index is 982. The minimum atomic E-state index is -3.61. The normalized spacial score (nSPS) is 19.2. The molecule has 2 aromatic rings. The summed E-state index contributed by atoms with van der Waals surface area (Å²) in [5.74, 6) is -0.129. The van der Waals surface area contributed by atoms with Crippen molar-refractivity contribution in [3.05, 3.63) is 59.1 Å². The van der Waals surface area contributed by atoms with Crippen molar-refractivity contribution in [2.45, 2.75) is 23.2 Å². The SMILES string of the molecule is O=C(Nc1cccc(S(=O)(=O)N2CCOCC2)c1)C1(c2ccc(Cl)cc2)CC1. The number of morpholine rings is 1. The highest BCUT2D eigenvalue weighted by Gasteiger charge is 2.51. The molecular formula is C20H21ClN2O4S. The standard InChI is InChI=1S/C20H21ClN2O4S/c21-16-6-4-15(5-7-16)20(8-9-20)19(24)22-17-2-1-3-18(14-17)28(25,26)23-10-12-27-13-11-23/h1-7,14H,8-13H2,(H,22,24). The maximum absolute atomic E-state index is 12.9. The fourth-order valence-electron chi connectivity index (χ4n) is 3.46. The van der Waals surface area contributed by atoms with Crippen LogP contribution in [0.5, 0.6) is 0 Å². The van der Waals surface area contributed by atoms with Crippen LogP contribution in [-0.2, 0) is 25.0 Å². The first-order valence-corrected chi connectivity index (χ1v) is 11.0. The molecule has 0 bridgehead atoms. The Hall–Kier alpha value is -1.93. The molecule has 6 nitrogen and oxygen atoms in total. The fraction of sp³-hybridized carbons (Fsp3) is 0.350. The van der Waals surface area contributed by atoms with Crippen molar-refractivity contribution in [1.82, 2.24) is 4.31 Å². The Kier molecular flexibility index (Phi) is 5.18. The van der Waals surface area contributed by atoms with Gasteiger partial charge in [0.25, 0.3) is 0 Å². The predicted molar refractivity (Wildman–Crippen MR) is 107 cm³/mol. The summed E-state index contributed by atoms with van der Waals surface area (Å²) in [4.78, 5) is 13.1. The van der Waals surface area contributed by atoms with Gasteiger partial charge in [-0.25, -0.2) is 8.42 Å². The molecule has 4 rings (SSSR count). The molecule has 148 valence electrons. The van der Waals surface area contributed by atoms with Gasteiger partial charge in [-0.1, -0.05) is 29.8 Å². The van der Waals surface area contributed by atoms with E-state index < -0.39 is 15.4 Å². The van der Waals surface area contributed by atoms with Crippen LogP contribution < -0.4 is 5.32 Å².